The minimum atomic E-state index is -0.829. The number of nitrogens with zero attached hydrogens (tertiary/aromatic N) is 3. The van der Waals surface area contributed by atoms with E-state index in [0.29, 0.717) is 30.9 Å². The number of fused-ring (bicyclic) bond motifs is 1. The quantitative estimate of drug-likeness (QED) is 0.402. The first-order valence-corrected chi connectivity index (χ1v) is 11.3. The first kappa shape index (κ1) is 24.1. The lowest BCUT2D eigenvalue weighted by Gasteiger charge is -2.12. The Morgan fingerprint density at radius 3 is 2.37 bits per heavy atom. The van der Waals surface area contributed by atoms with Crippen LogP contribution in [-0.2, 0) is 24.3 Å². The Balaban J connectivity index is 1.77. The van der Waals surface area contributed by atoms with E-state index in [2.05, 4.69) is 15.3 Å². The number of hydrogen-bond donors (Lipinski definition) is 2. The summed E-state index contributed by atoms with van der Waals surface area (Å²) >= 11 is 0. The molecule has 0 unspecified atom stereocenters. The lowest BCUT2D eigenvalue weighted by molar-refractivity contribution is -0.114. The summed E-state index contributed by atoms with van der Waals surface area (Å²) < 4.78 is 30.7. The van der Waals surface area contributed by atoms with Gasteiger partial charge in [-0.25, -0.2) is 18.6 Å². The molecule has 35 heavy (non-hydrogen) atoms. The fourth-order valence-corrected chi connectivity index (χ4v) is 3.90. The van der Waals surface area contributed by atoms with E-state index in [1.807, 2.05) is 19.1 Å². The Morgan fingerprint density at radius 1 is 1.06 bits per heavy atom. The van der Waals surface area contributed by atoms with Crippen LogP contribution in [0.2, 0.25) is 0 Å². The minimum absolute atomic E-state index is 0.0994. The fraction of sp³-hybridized carbons (Fsp3) is 0.280. The monoisotopic (exact) mass is 481 g/mol. The van der Waals surface area contributed by atoms with E-state index in [4.69, 9.17) is 0 Å². The molecular weight excluding hydrogens is 456 g/mol. The van der Waals surface area contributed by atoms with Gasteiger partial charge in [0.1, 0.15) is 23.0 Å². The predicted octanol–water partition coefficient (Wildman–Crippen LogP) is 3.56. The zero-order chi connectivity index (χ0) is 25.1. The Labute approximate surface area is 199 Å². The van der Waals surface area contributed by atoms with Crippen molar-refractivity contribution in [3.05, 3.63) is 91.9 Å². The number of amides is 1. The summed E-state index contributed by atoms with van der Waals surface area (Å²) in [5, 5.41) is 2.69. The number of anilines is 1. The zero-order valence-corrected chi connectivity index (χ0v) is 19.4. The van der Waals surface area contributed by atoms with Crippen molar-refractivity contribution >= 4 is 22.8 Å². The molecule has 0 atom stereocenters. The van der Waals surface area contributed by atoms with Crippen LogP contribution >= 0.6 is 0 Å². The van der Waals surface area contributed by atoms with Crippen LogP contribution < -0.4 is 16.6 Å². The fourth-order valence-electron chi connectivity index (χ4n) is 3.90. The number of aryl methyl sites for hydroxylation is 1. The Hall–Kier alpha value is -4.08. The zero-order valence-electron chi connectivity index (χ0n) is 19.4. The number of carbonyl (C=O) groups is 1. The summed E-state index contributed by atoms with van der Waals surface area (Å²) in [6, 6.07) is 10.6. The number of halogens is 2. The van der Waals surface area contributed by atoms with E-state index in [1.165, 1.54) is 17.6 Å². The highest BCUT2D eigenvalue weighted by molar-refractivity contribution is 5.88. The molecule has 2 aromatic heterocycles. The Morgan fingerprint density at radius 2 is 1.74 bits per heavy atom. The van der Waals surface area contributed by atoms with Gasteiger partial charge in [0.2, 0.25) is 5.91 Å². The molecule has 10 heteroatoms. The molecule has 182 valence electrons. The van der Waals surface area contributed by atoms with Gasteiger partial charge in [-0.1, -0.05) is 31.5 Å². The number of H-pyrrole nitrogens is 1. The van der Waals surface area contributed by atoms with E-state index in [9.17, 15) is 23.2 Å². The van der Waals surface area contributed by atoms with E-state index in [-0.39, 0.29) is 22.6 Å². The second-order valence-corrected chi connectivity index (χ2v) is 8.32. The number of benzene rings is 2. The number of aromatic nitrogens is 4. The maximum absolute atomic E-state index is 14.3. The summed E-state index contributed by atoms with van der Waals surface area (Å²) in [6.07, 6.45) is 1.80. The van der Waals surface area contributed by atoms with Crippen LogP contribution in [0.15, 0.2) is 52.1 Å². The largest absolute Gasteiger partial charge is 0.336 e. The van der Waals surface area contributed by atoms with E-state index in [1.54, 1.807) is 12.1 Å². The normalized spacial score (nSPS) is 11.2. The summed E-state index contributed by atoms with van der Waals surface area (Å²) in [5.41, 5.74) is 0.117. The average Bonchev–Trinajstić information content (AvgIpc) is 3.23. The SMILES string of the molecule is CCCCn1c(=O)n(Cc2c(F)cccc2F)c(=O)c2[nH]c(Cc3ccc(NC(C)=O)cc3)nc21. The first-order valence-electron chi connectivity index (χ1n) is 11.3. The Bertz CT molecular complexity index is 1480. The molecule has 2 aromatic carbocycles. The molecule has 0 radical (unpaired) electrons. The molecule has 1 amide bonds. The summed E-state index contributed by atoms with van der Waals surface area (Å²) in [6.45, 7) is 3.17. The van der Waals surface area contributed by atoms with Crippen molar-refractivity contribution in [1.29, 1.82) is 0 Å². The van der Waals surface area contributed by atoms with Gasteiger partial charge in [0, 0.05) is 31.1 Å². The first-order chi connectivity index (χ1) is 16.8. The molecule has 0 aliphatic carbocycles. The molecule has 0 aliphatic heterocycles. The number of unbranched alkanes of at least 4 members (excludes halogenated alkanes) is 1. The smallest absolute Gasteiger partial charge is 0.333 e. The second-order valence-electron chi connectivity index (χ2n) is 8.32. The third kappa shape index (κ3) is 5.06. The van der Waals surface area contributed by atoms with Crippen molar-refractivity contribution in [3.8, 4) is 0 Å². The van der Waals surface area contributed by atoms with Gasteiger partial charge in [-0.3, -0.25) is 18.7 Å². The highest BCUT2D eigenvalue weighted by Crippen LogP contribution is 2.16. The van der Waals surface area contributed by atoms with Crippen LogP contribution in [0.1, 0.15) is 43.6 Å². The van der Waals surface area contributed by atoms with E-state index in [0.717, 1.165) is 28.7 Å². The lowest BCUT2D eigenvalue weighted by Crippen LogP contribution is -2.40. The van der Waals surface area contributed by atoms with Crippen molar-refractivity contribution in [2.45, 2.75) is 46.2 Å². The molecule has 4 rings (SSSR count). The van der Waals surface area contributed by atoms with Crippen LogP contribution in [0, 0.1) is 11.6 Å². The van der Waals surface area contributed by atoms with Crippen molar-refractivity contribution in [1.82, 2.24) is 19.1 Å². The molecule has 0 bridgehead atoms. The predicted molar refractivity (Wildman–Crippen MR) is 129 cm³/mol. The molecule has 0 spiro atoms. The third-order valence-electron chi connectivity index (χ3n) is 5.67. The molecule has 0 saturated carbocycles. The van der Waals surface area contributed by atoms with Gasteiger partial charge >= 0.3 is 5.69 Å². The van der Waals surface area contributed by atoms with Crippen LogP contribution in [0.4, 0.5) is 14.5 Å². The molecule has 0 fully saturated rings. The molecule has 2 heterocycles. The van der Waals surface area contributed by atoms with E-state index < -0.39 is 29.4 Å². The summed E-state index contributed by atoms with van der Waals surface area (Å²) in [7, 11) is 0. The number of carbonyl (C=O) groups excluding carboxylic acids is 1. The number of hydrogen-bond acceptors (Lipinski definition) is 4. The van der Waals surface area contributed by atoms with Gasteiger partial charge in [0.05, 0.1) is 6.54 Å². The molecule has 8 nitrogen and oxygen atoms in total. The maximum Gasteiger partial charge on any atom is 0.333 e. The van der Waals surface area contributed by atoms with Gasteiger partial charge in [0.25, 0.3) is 5.56 Å². The lowest BCUT2D eigenvalue weighted by atomic mass is 10.1. The molecular formula is C25H25F2N5O3. The van der Waals surface area contributed by atoms with Crippen molar-refractivity contribution in [3.63, 3.8) is 0 Å². The van der Waals surface area contributed by atoms with Crippen molar-refractivity contribution < 1.29 is 13.6 Å². The van der Waals surface area contributed by atoms with Gasteiger partial charge < -0.3 is 10.3 Å². The number of rotatable bonds is 8. The van der Waals surface area contributed by atoms with E-state index >= 15 is 0 Å². The topological polar surface area (TPSA) is 102 Å². The maximum atomic E-state index is 14.3. The molecule has 4 aromatic rings. The summed E-state index contributed by atoms with van der Waals surface area (Å²) in [4.78, 5) is 45.1. The number of aromatic amines is 1. The highest BCUT2D eigenvalue weighted by atomic mass is 19.1. The summed E-state index contributed by atoms with van der Waals surface area (Å²) in [5.74, 6) is -1.37. The van der Waals surface area contributed by atoms with Crippen LogP contribution in [0.3, 0.4) is 0 Å². The van der Waals surface area contributed by atoms with Crippen LogP contribution in [-0.4, -0.2) is 25.0 Å². The standard InChI is InChI=1S/C25H25F2N5O3/c1-3-4-12-31-23-22(24(34)32(25(31)35)14-18-19(26)6-5-7-20(18)27)29-21(30-23)13-16-8-10-17(11-9-16)28-15(2)33/h5-11H,3-4,12-14H2,1-2H3,(H,28,33)(H,29,30). The average molecular weight is 482 g/mol. The van der Waals surface area contributed by atoms with Gasteiger partial charge in [0.15, 0.2) is 5.65 Å². The van der Waals surface area contributed by atoms with Crippen molar-refractivity contribution in [2.75, 3.05) is 5.32 Å². The minimum Gasteiger partial charge on any atom is -0.336 e. The van der Waals surface area contributed by atoms with Crippen molar-refractivity contribution in [2.24, 2.45) is 0 Å². The molecule has 2 N–H and O–H groups in total. The second kappa shape index (κ2) is 10.0. The van der Waals surface area contributed by atoms with Crippen LogP contribution in [0.5, 0.6) is 0 Å². The van der Waals surface area contributed by atoms with Gasteiger partial charge in [-0.05, 0) is 36.2 Å². The van der Waals surface area contributed by atoms with Gasteiger partial charge in [-0.2, -0.15) is 0 Å². The Kier molecular flexibility index (Phi) is 6.90. The molecule has 0 aliphatic rings. The number of imidazole rings is 1. The number of nitrogens with one attached hydrogen (secondary N) is 2. The highest BCUT2D eigenvalue weighted by Gasteiger charge is 2.20. The van der Waals surface area contributed by atoms with Gasteiger partial charge in [-0.15, -0.1) is 0 Å². The van der Waals surface area contributed by atoms with Crippen LogP contribution in [0.25, 0.3) is 11.2 Å². The molecule has 0 saturated heterocycles. The third-order valence-corrected chi connectivity index (χ3v) is 5.67.